The standard InChI is InChI=1S/C10H9BrN2O3/c1-2-16-10(15)13-8-5-6(11)3-4-7(8)9(14)12-13/h3-5H,2H2,1H3,(H,12,14). The van der Waals surface area contributed by atoms with Crippen LogP contribution in [-0.4, -0.2) is 27.6 Å². The first-order chi connectivity index (χ1) is 7.63. The lowest BCUT2D eigenvalue weighted by molar-refractivity contribution is 0.151. The number of ether oxygens (including phenoxy) is 1. The molecule has 0 saturated heterocycles. The maximum atomic E-state index is 11.5. The topological polar surface area (TPSA) is 64.4 Å². The maximum absolute atomic E-state index is 11.5. The number of rotatable bonds is 1. The lowest BCUT2D eigenvalue weighted by atomic mass is 10.2. The van der Waals surface area contributed by atoms with E-state index in [1.807, 2.05) is 0 Å². The van der Waals surface area contributed by atoms with Crippen LogP contribution in [0.25, 0.3) is 10.9 Å². The Hall–Kier alpha value is -1.56. The van der Waals surface area contributed by atoms with Gasteiger partial charge in [0.05, 0.1) is 17.5 Å². The third-order valence-electron chi connectivity index (χ3n) is 2.06. The molecule has 0 amide bonds. The number of aromatic nitrogens is 2. The summed E-state index contributed by atoms with van der Waals surface area (Å²) in [4.78, 5) is 11.5. The van der Waals surface area contributed by atoms with Crippen LogP contribution >= 0.6 is 15.9 Å². The van der Waals surface area contributed by atoms with Crippen LogP contribution in [0.2, 0.25) is 0 Å². The Labute approximate surface area is 99.8 Å². The van der Waals surface area contributed by atoms with Crippen molar-refractivity contribution in [3.63, 3.8) is 0 Å². The van der Waals surface area contributed by atoms with Crippen LogP contribution in [0.4, 0.5) is 4.79 Å². The summed E-state index contributed by atoms with van der Waals surface area (Å²) in [7, 11) is 0. The molecule has 1 aromatic carbocycles. The van der Waals surface area contributed by atoms with Crippen LogP contribution in [0.3, 0.4) is 0 Å². The van der Waals surface area contributed by atoms with Crippen LogP contribution in [0.1, 0.15) is 6.92 Å². The molecule has 0 fully saturated rings. The molecule has 0 saturated carbocycles. The molecule has 5 nitrogen and oxygen atoms in total. The molecule has 1 N–H and O–H groups in total. The molecule has 0 bridgehead atoms. The monoisotopic (exact) mass is 284 g/mol. The first-order valence-corrected chi connectivity index (χ1v) is 5.47. The highest BCUT2D eigenvalue weighted by atomic mass is 79.9. The minimum Gasteiger partial charge on any atom is -0.492 e. The van der Waals surface area contributed by atoms with Crippen molar-refractivity contribution in [2.75, 3.05) is 6.61 Å². The van der Waals surface area contributed by atoms with Gasteiger partial charge in [0, 0.05) is 4.47 Å². The second-order valence-corrected chi connectivity index (χ2v) is 4.01. The molecule has 0 unspecified atom stereocenters. The fraction of sp³-hybridized carbons (Fsp3) is 0.200. The largest absolute Gasteiger partial charge is 0.492 e. The van der Waals surface area contributed by atoms with E-state index in [2.05, 4.69) is 21.0 Å². The van der Waals surface area contributed by atoms with Crippen LogP contribution < -0.4 is 0 Å². The van der Waals surface area contributed by atoms with E-state index in [0.717, 1.165) is 9.15 Å². The van der Waals surface area contributed by atoms with Gasteiger partial charge in [-0.05, 0) is 25.1 Å². The van der Waals surface area contributed by atoms with Gasteiger partial charge in [-0.3, -0.25) is 0 Å². The number of aromatic hydroxyl groups is 1. The lowest BCUT2D eigenvalue weighted by Gasteiger charge is -2.01. The molecule has 84 valence electrons. The zero-order valence-corrected chi connectivity index (χ0v) is 10.1. The van der Waals surface area contributed by atoms with Crippen molar-refractivity contribution >= 4 is 32.9 Å². The molecule has 2 rings (SSSR count). The molecule has 1 heterocycles. The average Bonchev–Trinajstić information content (AvgIpc) is 2.56. The summed E-state index contributed by atoms with van der Waals surface area (Å²) in [6.07, 6.45) is -0.606. The number of benzene rings is 1. The predicted octanol–water partition coefficient (Wildman–Crippen LogP) is 2.51. The molecule has 0 aliphatic carbocycles. The van der Waals surface area contributed by atoms with Crippen molar-refractivity contribution in [3.8, 4) is 5.88 Å². The number of carbonyl (C=O) groups is 1. The zero-order chi connectivity index (χ0) is 11.7. The Bertz CT molecular complexity index is 550. The third kappa shape index (κ3) is 1.76. The van der Waals surface area contributed by atoms with Gasteiger partial charge in [-0.25, -0.2) is 4.79 Å². The molecule has 2 aromatic rings. The average molecular weight is 285 g/mol. The Morgan fingerprint density at radius 3 is 3.06 bits per heavy atom. The van der Waals surface area contributed by atoms with Crippen molar-refractivity contribution in [1.82, 2.24) is 9.78 Å². The first-order valence-electron chi connectivity index (χ1n) is 4.68. The van der Waals surface area contributed by atoms with Crippen LogP contribution in [0, 0.1) is 0 Å². The summed E-state index contributed by atoms with van der Waals surface area (Å²) in [6.45, 7) is 1.97. The van der Waals surface area contributed by atoms with E-state index in [4.69, 9.17) is 4.74 Å². The van der Waals surface area contributed by atoms with Crippen LogP contribution in [-0.2, 0) is 4.74 Å². The number of halogens is 1. The summed E-state index contributed by atoms with van der Waals surface area (Å²) < 4.78 is 6.66. The Morgan fingerprint density at radius 2 is 2.38 bits per heavy atom. The second kappa shape index (κ2) is 4.13. The van der Waals surface area contributed by atoms with Crippen molar-refractivity contribution in [2.24, 2.45) is 0 Å². The lowest BCUT2D eigenvalue weighted by Crippen LogP contribution is -2.14. The van der Waals surface area contributed by atoms with E-state index < -0.39 is 6.09 Å². The van der Waals surface area contributed by atoms with Gasteiger partial charge < -0.3 is 9.84 Å². The van der Waals surface area contributed by atoms with Crippen LogP contribution in [0.5, 0.6) is 5.88 Å². The quantitative estimate of drug-likeness (QED) is 0.874. The maximum Gasteiger partial charge on any atom is 0.435 e. The number of nitrogens with zero attached hydrogens (tertiary/aromatic N) is 2. The predicted molar refractivity (Wildman–Crippen MR) is 61.5 cm³/mol. The van der Waals surface area contributed by atoms with E-state index >= 15 is 0 Å². The molecule has 0 spiro atoms. The first kappa shape index (κ1) is 10.9. The fourth-order valence-corrected chi connectivity index (χ4v) is 1.74. The molecule has 0 aliphatic heterocycles. The number of carbonyl (C=O) groups excluding carboxylic acids is 1. The van der Waals surface area contributed by atoms with E-state index in [9.17, 15) is 9.90 Å². The minimum atomic E-state index is -0.606. The summed E-state index contributed by atoms with van der Waals surface area (Å²) in [5, 5.41) is 13.8. The smallest absolute Gasteiger partial charge is 0.435 e. The van der Waals surface area contributed by atoms with Gasteiger partial charge in [0.15, 0.2) is 0 Å². The highest BCUT2D eigenvalue weighted by Gasteiger charge is 2.15. The SMILES string of the molecule is CCOC(=O)n1nc(O)c2ccc(Br)cc21. The van der Waals surface area contributed by atoms with Crippen LogP contribution in [0.15, 0.2) is 22.7 Å². The summed E-state index contributed by atoms with van der Waals surface area (Å²) in [5.74, 6) is -0.185. The van der Waals surface area contributed by atoms with Gasteiger partial charge in [0.2, 0.25) is 5.88 Å². The highest BCUT2D eigenvalue weighted by Crippen LogP contribution is 2.26. The highest BCUT2D eigenvalue weighted by molar-refractivity contribution is 9.10. The molecule has 1 aromatic heterocycles. The normalized spacial score (nSPS) is 10.6. The number of hydrogen-bond acceptors (Lipinski definition) is 4. The van der Waals surface area contributed by atoms with Crippen molar-refractivity contribution < 1.29 is 14.6 Å². The summed E-state index contributed by atoms with van der Waals surface area (Å²) in [6, 6.07) is 5.13. The molecule has 6 heteroatoms. The van der Waals surface area contributed by atoms with Crippen molar-refractivity contribution in [3.05, 3.63) is 22.7 Å². The van der Waals surface area contributed by atoms with Gasteiger partial charge in [-0.2, -0.15) is 4.68 Å². The number of hydrogen-bond donors (Lipinski definition) is 1. The molecular weight excluding hydrogens is 276 g/mol. The number of fused-ring (bicyclic) bond motifs is 1. The molecule has 16 heavy (non-hydrogen) atoms. The minimum absolute atomic E-state index is 0.185. The molecule has 0 radical (unpaired) electrons. The molecule has 0 aliphatic rings. The third-order valence-corrected chi connectivity index (χ3v) is 2.56. The summed E-state index contributed by atoms with van der Waals surface area (Å²) >= 11 is 3.29. The van der Waals surface area contributed by atoms with Gasteiger partial charge in [0.25, 0.3) is 0 Å². The van der Waals surface area contributed by atoms with E-state index in [0.29, 0.717) is 10.9 Å². The Kier molecular flexibility index (Phi) is 2.82. The van der Waals surface area contributed by atoms with E-state index in [1.165, 1.54) is 0 Å². The molecule has 0 atom stereocenters. The van der Waals surface area contributed by atoms with E-state index in [1.54, 1.807) is 25.1 Å². The van der Waals surface area contributed by atoms with Gasteiger partial charge in [0.1, 0.15) is 0 Å². The second-order valence-electron chi connectivity index (χ2n) is 3.10. The Morgan fingerprint density at radius 1 is 1.62 bits per heavy atom. The van der Waals surface area contributed by atoms with E-state index in [-0.39, 0.29) is 12.5 Å². The Balaban J connectivity index is 2.61. The van der Waals surface area contributed by atoms with Gasteiger partial charge >= 0.3 is 6.09 Å². The van der Waals surface area contributed by atoms with Crippen molar-refractivity contribution in [2.45, 2.75) is 6.92 Å². The zero-order valence-electron chi connectivity index (χ0n) is 8.48. The fourth-order valence-electron chi connectivity index (χ4n) is 1.40. The molecular formula is C10H9BrN2O3. The van der Waals surface area contributed by atoms with Crippen molar-refractivity contribution in [1.29, 1.82) is 0 Å². The van der Waals surface area contributed by atoms with Gasteiger partial charge in [-0.15, -0.1) is 5.10 Å². The van der Waals surface area contributed by atoms with Gasteiger partial charge in [-0.1, -0.05) is 15.9 Å². The summed E-state index contributed by atoms with van der Waals surface area (Å²) in [5.41, 5.74) is 0.505.